The van der Waals surface area contributed by atoms with Crippen LogP contribution >= 0.6 is 0 Å². The molecule has 1 N–H and O–H groups in total. The maximum Gasteiger partial charge on any atom is 0.255 e. The van der Waals surface area contributed by atoms with Gasteiger partial charge >= 0.3 is 0 Å². The number of rotatable bonds is 7. The number of nitrogens with zero attached hydrogens (tertiary/aromatic N) is 3. The van der Waals surface area contributed by atoms with Gasteiger partial charge in [-0.05, 0) is 58.0 Å². The quantitative estimate of drug-likeness (QED) is 0.703. The van der Waals surface area contributed by atoms with E-state index in [0.717, 1.165) is 18.9 Å². The second-order valence-electron chi connectivity index (χ2n) is 7.64. The third-order valence-corrected chi connectivity index (χ3v) is 7.04. The summed E-state index contributed by atoms with van der Waals surface area (Å²) >= 11 is 0. The number of hydrogen-bond acceptors (Lipinski definition) is 6. The summed E-state index contributed by atoms with van der Waals surface area (Å²) in [7, 11) is -3.72. The molecule has 0 bridgehead atoms. The molecule has 168 valence electrons. The smallest absolute Gasteiger partial charge is 0.255 e. The second kappa shape index (κ2) is 9.76. The molecule has 2 heterocycles. The maximum absolute atomic E-state index is 13.1. The molecule has 0 aliphatic carbocycles. The van der Waals surface area contributed by atoms with Gasteiger partial charge in [-0.2, -0.15) is 4.31 Å². The molecular formula is C22H30N4O4S. The lowest BCUT2D eigenvalue weighted by atomic mass is 10.2. The average Bonchev–Trinajstić information content (AvgIpc) is 2.75. The molecule has 1 aliphatic rings. The highest BCUT2D eigenvalue weighted by molar-refractivity contribution is 7.89. The van der Waals surface area contributed by atoms with Crippen LogP contribution in [0.1, 0.15) is 38.1 Å². The number of ether oxygens (including phenoxy) is 1. The number of amides is 1. The predicted octanol–water partition coefficient (Wildman–Crippen LogP) is 2.98. The van der Waals surface area contributed by atoms with Gasteiger partial charge in [0, 0.05) is 31.7 Å². The van der Waals surface area contributed by atoms with E-state index in [9.17, 15) is 13.2 Å². The molecule has 2 atom stereocenters. The highest BCUT2D eigenvalue weighted by Gasteiger charge is 2.32. The van der Waals surface area contributed by atoms with Crippen LogP contribution in [0.15, 0.2) is 47.5 Å². The largest absolute Gasteiger partial charge is 0.373 e. The van der Waals surface area contributed by atoms with E-state index in [-0.39, 0.29) is 35.8 Å². The van der Waals surface area contributed by atoms with Gasteiger partial charge in [-0.1, -0.05) is 6.07 Å². The number of anilines is 2. The zero-order valence-corrected chi connectivity index (χ0v) is 19.2. The lowest BCUT2D eigenvalue weighted by Crippen LogP contribution is -2.48. The lowest BCUT2D eigenvalue weighted by molar-refractivity contribution is -0.0440. The number of pyridine rings is 1. The first kappa shape index (κ1) is 23.2. The third kappa shape index (κ3) is 5.41. The molecular weight excluding hydrogens is 416 g/mol. The Labute approximate surface area is 184 Å². The number of morpholine rings is 1. The van der Waals surface area contributed by atoms with Crippen molar-refractivity contribution in [2.75, 3.05) is 36.4 Å². The molecule has 1 aromatic heterocycles. The van der Waals surface area contributed by atoms with E-state index in [0.29, 0.717) is 5.69 Å². The van der Waals surface area contributed by atoms with Crippen LogP contribution < -0.4 is 10.2 Å². The second-order valence-corrected chi connectivity index (χ2v) is 9.58. The Hall–Kier alpha value is -2.49. The summed E-state index contributed by atoms with van der Waals surface area (Å²) in [4.78, 5) is 19.3. The molecule has 1 saturated heterocycles. The summed E-state index contributed by atoms with van der Waals surface area (Å²) in [6.45, 7) is 10.1. The minimum Gasteiger partial charge on any atom is -0.373 e. The number of carbonyl (C=O) groups is 1. The fraction of sp³-hybridized carbons (Fsp3) is 0.455. The molecule has 0 radical (unpaired) electrons. The van der Waals surface area contributed by atoms with Crippen molar-refractivity contribution in [1.29, 1.82) is 0 Å². The minimum atomic E-state index is -3.72. The van der Waals surface area contributed by atoms with E-state index in [4.69, 9.17) is 4.74 Å². The van der Waals surface area contributed by atoms with E-state index in [1.807, 2.05) is 19.9 Å². The monoisotopic (exact) mass is 446 g/mol. The third-order valence-electron chi connectivity index (χ3n) is 5.21. The first-order chi connectivity index (χ1) is 14.7. The summed E-state index contributed by atoms with van der Waals surface area (Å²) in [6, 6.07) is 9.73. The van der Waals surface area contributed by atoms with Gasteiger partial charge in [-0.15, -0.1) is 0 Å². The average molecular weight is 447 g/mol. The fourth-order valence-electron chi connectivity index (χ4n) is 3.67. The molecule has 9 heteroatoms. The molecule has 1 amide bonds. The molecule has 8 nitrogen and oxygen atoms in total. The summed E-state index contributed by atoms with van der Waals surface area (Å²) in [6.07, 6.45) is 1.23. The van der Waals surface area contributed by atoms with Gasteiger partial charge in [-0.3, -0.25) is 4.79 Å². The standard InChI is InChI=1S/C22H30N4O4S/c1-5-25(6-2)21-11-10-19(13-23-21)24-22(27)18-8-7-9-20(12-18)31(28,29)26-14-16(3)30-17(4)15-26/h7-13,16-17H,5-6,14-15H2,1-4H3,(H,24,27). The molecule has 2 aromatic rings. The van der Waals surface area contributed by atoms with Crippen molar-refractivity contribution in [2.24, 2.45) is 0 Å². The van der Waals surface area contributed by atoms with Gasteiger partial charge < -0.3 is 15.0 Å². The number of aromatic nitrogens is 1. The summed E-state index contributed by atoms with van der Waals surface area (Å²) in [5.74, 6) is 0.447. The predicted molar refractivity (Wildman–Crippen MR) is 121 cm³/mol. The number of carbonyl (C=O) groups excluding carboxylic acids is 1. The normalized spacial score (nSPS) is 19.7. The van der Waals surface area contributed by atoms with Crippen molar-refractivity contribution in [2.45, 2.75) is 44.8 Å². The number of nitrogens with one attached hydrogen (secondary N) is 1. The summed E-state index contributed by atoms with van der Waals surface area (Å²) in [5.41, 5.74) is 0.813. The van der Waals surface area contributed by atoms with Crippen LogP contribution in [0.25, 0.3) is 0 Å². The van der Waals surface area contributed by atoms with E-state index >= 15 is 0 Å². The first-order valence-corrected chi connectivity index (χ1v) is 12.0. The van der Waals surface area contributed by atoms with Gasteiger partial charge in [0.25, 0.3) is 5.91 Å². The maximum atomic E-state index is 13.1. The molecule has 0 saturated carbocycles. The molecule has 2 unspecified atom stereocenters. The Morgan fingerprint density at radius 1 is 1.16 bits per heavy atom. The lowest BCUT2D eigenvalue weighted by Gasteiger charge is -2.34. The SMILES string of the molecule is CCN(CC)c1ccc(NC(=O)c2cccc(S(=O)(=O)N3CC(C)OC(C)C3)c2)cn1. The van der Waals surface area contributed by atoms with Crippen LogP contribution in [0.4, 0.5) is 11.5 Å². The molecule has 1 aliphatic heterocycles. The fourth-order valence-corrected chi connectivity index (χ4v) is 5.31. The van der Waals surface area contributed by atoms with Crippen molar-refractivity contribution < 1.29 is 17.9 Å². The molecule has 1 aromatic carbocycles. The minimum absolute atomic E-state index is 0.0939. The van der Waals surface area contributed by atoms with Gasteiger partial charge in [-0.25, -0.2) is 13.4 Å². The van der Waals surface area contributed by atoms with E-state index < -0.39 is 15.9 Å². The van der Waals surface area contributed by atoms with E-state index in [1.54, 1.807) is 24.4 Å². The van der Waals surface area contributed by atoms with Crippen molar-refractivity contribution >= 4 is 27.4 Å². The first-order valence-electron chi connectivity index (χ1n) is 10.5. The molecule has 3 rings (SSSR count). The number of benzene rings is 1. The van der Waals surface area contributed by atoms with Crippen LogP contribution in [0.2, 0.25) is 0 Å². The van der Waals surface area contributed by atoms with Crippen LogP contribution in [-0.2, 0) is 14.8 Å². The summed E-state index contributed by atoms with van der Waals surface area (Å²) in [5, 5.41) is 2.78. The van der Waals surface area contributed by atoms with Crippen molar-refractivity contribution in [3.8, 4) is 0 Å². The zero-order valence-electron chi connectivity index (χ0n) is 18.4. The zero-order chi connectivity index (χ0) is 22.6. The Bertz CT molecular complexity index is 996. The Balaban J connectivity index is 1.76. The van der Waals surface area contributed by atoms with Crippen molar-refractivity contribution in [3.63, 3.8) is 0 Å². The van der Waals surface area contributed by atoms with Gasteiger partial charge in [0.15, 0.2) is 0 Å². The van der Waals surface area contributed by atoms with Crippen LogP contribution in [0.5, 0.6) is 0 Å². The van der Waals surface area contributed by atoms with Gasteiger partial charge in [0.2, 0.25) is 10.0 Å². The topological polar surface area (TPSA) is 91.8 Å². The summed E-state index contributed by atoms with van der Waals surface area (Å²) < 4.78 is 33.2. The molecule has 1 fully saturated rings. The van der Waals surface area contributed by atoms with Crippen molar-refractivity contribution in [1.82, 2.24) is 9.29 Å². The van der Waals surface area contributed by atoms with Gasteiger partial charge in [0.1, 0.15) is 5.82 Å². The highest BCUT2D eigenvalue weighted by atomic mass is 32.2. The Morgan fingerprint density at radius 2 is 1.84 bits per heavy atom. The number of sulfonamides is 1. The van der Waals surface area contributed by atoms with E-state index in [2.05, 4.69) is 29.0 Å². The highest BCUT2D eigenvalue weighted by Crippen LogP contribution is 2.22. The Morgan fingerprint density at radius 3 is 2.42 bits per heavy atom. The van der Waals surface area contributed by atoms with Crippen LogP contribution in [0, 0.1) is 0 Å². The van der Waals surface area contributed by atoms with E-state index in [1.165, 1.54) is 16.4 Å². The van der Waals surface area contributed by atoms with Crippen LogP contribution in [0.3, 0.4) is 0 Å². The van der Waals surface area contributed by atoms with Gasteiger partial charge in [0.05, 0.1) is 29.0 Å². The number of hydrogen-bond donors (Lipinski definition) is 1. The molecule has 0 spiro atoms. The Kier molecular flexibility index (Phi) is 7.30. The molecule has 31 heavy (non-hydrogen) atoms. The van der Waals surface area contributed by atoms with Crippen molar-refractivity contribution in [3.05, 3.63) is 48.2 Å². The van der Waals surface area contributed by atoms with Crippen LogP contribution in [-0.4, -0.2) is 62.0 Å².